The molecule has 1 N–H and O–H groups in total. The van der Waals surface area contributed by atoms with E-state index in [2.05, 4.69) is 26.2 Å². The van der Waals surface area contributed by atoms with Gasteiger partial charge in [-0.05, 0) is 60.5 Å². The summed E-state index contributed by atoms with van der Waals surface area (Å²) in [6.45, 7) is 1.80. The number of anilines is 1. The van der Waals surface area contributed by atoms with E-state index in [0.29, 0.717) is 32.0 Å². The number of thiazole rings is 1. The van der Waals surface area contributed by atoms with Gasteiger partial charge in [0.1, 0.15) is 5.75 Å². The first-order chi connectivity index (χ1) is 17.4. The van der Waals surface area contributed by atoms with Crippen LogP contribution in [0.3, 0.4) is 0 Å². The Labute approximate surface area is 220 Å². The van der Waals surface area contributed by atoms with E-state index in [1.165, 1.54) is 11.3 Å². The van der Waals surface area contributed by atoms with Gasteiger partial charge in [0.05, 0.1) is 29.0 Å². The first kappa shape index (κ1) is 24.0. The van der Waals surface area contributed by atoms with Gasteiger partial charge in [0.2, 0.25) is 0 Å². The highest BCUT2D eigenvalue weighted by atomic mass is 79.9. The van der Waals surface area contributed by atoms with Crippen molar-refractivity contribution in [3.05, 3.63) is 125 Å². The lowest BCUT2D eigenvalue weighted by atomic mass is 9.95. The quantitative estimate of drug-likeness (QED) is 0.387. The number of amides is 1. The van der Waals surface area contributed by atoms with E-state index in [1.807, 2.05) is 84.9 Å². The van der Waals surface area contributed by atoms with Crippen molar-refractivity contribution in [2.45, 2.75) is 13.0 Å². The zero-order valence-electron chi connectivity index (χ0n) is 19.6. The zero-order chi connectivity index (χ0) is 25.2. The summed E-state index contributed by atoms with van der Waals surface area (Å²) in [5.41, 5.74) is 3.10. The number of allylic oxidation sites excluding steroid dienone is 1. The zero-order valence-corrected chi connectivity index (χ0v) is 22.0. The van der Waals surface area contributed by atoms with Crippen molar-refractivity contribution in [1.82, 2.24) is 4.57 Å². The Balaban J connectivity index is 1.68. The third-order valence-corrected chi connectivity index (χ3v) is 7.39. The highest BCUT2D eigenvalue weighted by Crippen LogP contribution is 2.32. The number of carbonyl (C=O) groups is 1. The number of benzene rings is 3. The van der Waals surface area contributed by atoms with E-state index in [0.717, 1.165) is 15.6 Å². The second-order valence-electron chi connectivity index (χ2n) is 8.23. The molecule has 8 heteroatoms. The number of nitrogens with zero attached hydrogens (tertiary/aromatic N) is 2. The van der Waals surface area contributed by atoms with Crippen molar-refractivity contribution in [3.8, 4) is 5.75 Å². The Hall–Kier alpha value is -3.75. The van der Waals surface area contributed by atoms with E-state index in [-0.39, 0.29) is 11.5 Å². The molecule has 0 bridgehead atoms. The van der Waals surface area contributed by atoms with Crippen molar-refractivity contribution in [1.29, 1.82) is 0 Å². The van der Waals surface area contributed by atoms with Gasteiger partial charge in [-0.15, -0.1) is 0 Å². The predicted molar refractivity (Wildman–Crippen MR) is 146 cm³/mol. The molecule has 4 aromatic rings. The van der Waals surface area contributed by atoms with Gasteiger partial charge in [0, 0.05) is 10.2 Å². The molecular weight excluding hydrogens is 538 g/mol. The fraction of sp³-hybridized carbons (Fsp3) is 0.107. The topological polar surface area (TPSA) is 72.7 Å². The Bertz CT molecular complexity index is 1650. The van der Waals surface area contributed by atoms with Crippen molar-refractivity contribution < 1.29 is 9.53 Å². The molecule has 5 rings (SSSR count). The fourth-order valence-corrected chi connectivity index (χ4v) is 5.48. The van der Waals surface area contributed by atoms with E-state index in [1.54, 1.807) is 18.6 Å². The summed E-state index contributed by atoms with van der Waals surface area (Å²) in [6.07, 6.45) is 1.85. The summed E-state index contributed by atoms with van der Waals surface area (Å²) in [6, 6.07) is 23.7. The largest absolute Gasteiger partial charge is 0.497 e. The number of carbonyl (C=O) groups excluding carboxylic acids is 1. The van der Waals surface area contributed by atoms with E-state index in [9.17, 15) is 9.59 Å². The number of nitrogens with one attached hydrogen (secondary N) is 1. The minimum Gasteiger partial charge on any atom is -0.497 e. The molecule has 1 aromatic heterocycles. The first-order valence-electron chi connectivity index (χ1n) is 11.2. The predicted octanol–water partition coefficient (Wildman–Crippen LogP) is 4.65. The molecule has 36 heavy (non-hydrogen) atoms. The smallest absolute Gasteiger partial charge is 0.271 e. The van der Waals surface area contributed by atoms with Crippen LogP contribution in [0.15, 0.2) is 104 Å². The average Bonchev–Trinajstić information content (AvgIpc) is 3.19. The number of rotatable bonds is 5. The van der Waals surface area contributed by atoms with Gasteiger partial charge in [0.25, 0.3) is 11.5 Å². The maximum absolute atomic E-state index is 13.7. The third kappa shape index (κ3) is 4.69. The molecule has 1 aliphatic rings. The number of fused-ring (bicyclic) bond motifs is 1. The standard InChI is InChI=1S/C28H22BrN3O3S/c1-17-24(26(33)31-21-8-4-3-5-9-21)25(19-7-6-10-22(16-19)35-2)32-27(34)23(36-28(32)30-17)15-18-11-13-20(29)14-12-18/h3-16,25H,1-2H3,(H,31,33)/b23-15-/t25-/m0/s1. The SMILES string of the molecule is COc1cccc([C@H]2C(C(=O)Nc3ccccc3)=C(C)N=c3s/c(=C\c4ccc(Br)cc4)c(=O)n32)c1. The van der Waals surface area contributed by atoms with Gasteiger partial charge in [-0.25, -0.2) is 4.99 Å². The van der Waals surface area contributed by atoms with Crippen LogP contribution in [0, 0.1) is 0 Å². The molecule has 0 unspecified atom stereocenters. The van der Waals surface area contributed by atoms with Crippen molar-refractivity contribution >= 4 is 44.9 Å². The van der Waals surface area contributed by atoms with Crippen LogP contribution in [0.2, 0.25) is 0 Å². The molecule has 0 spiro atoms. The van der Waals surface area contributed by atoms with Crippen LogP contribution in [0.5, 0.6) is 5.75 Å². The molecule has 3 aromatic carbocycles. The van der Waals surface area contributed by atoms with Gasteiger partial charge >= 0.3 is 0 Å². The highest BCUT2D eigenvalue weighted by molar-refractivity contribution is 9.10. The summed E-state index contributed by atoms with van der Waals surface area (Å²) in [5.74, 6) is 0.333. The summed E-state index contributed by atoms with van der Waals surface area (Å²) in [4.78, 5) is 32.6. The molecule has 2 heterocycles. The van der Waals surface area contributed by atoms with E-state index < -0.39 is 6.04 Å². The summed E-state index contributed by atoms with van der Waals surface area (Å²) >= 11 is 4.75. The number of halogens is 1. The van der Waals surface area contributed by atoms with Crippen molar-refractivity contribution in [2.24, 2.45) is 4.99 Å². The fourth-order valence-electron chi connectivity index (χ4n) is 4.17. The van der Waals surface area contributed by atoms with E-state index in [4.69, 9.17) is 4.74 Å². The van der Waals surface area contributed by atoms with Crippen molar-refractivity contribution in [2.75, 3.05) is 12.4 Å². The van der Waals surface area contributed by atoms with Gasteiger partial charge in [-0.3, -0.25) is 14.2 Å². The molecule has 180 valence electrons. The van der Waals surface area contributed by atoms with Crippen LogP contribution in [0.4, 0.5) is 5.69 Å². The van der Waals surface area contributed by atoms with E-state index >= 15 is 0 Å². The summed E-state index contributed by atoms with van der Waals surface area (Å²) < 4.78 is 8.55. The Morgan fingerprint density at radius 2 is 1.83 bits per heavy atom. The maximum Gasteiger partial charge on any atom is 0.271 e. The second kappa shape index (κ2) is 10.1. The lowest BCUT2D eigenvalue weighted by molar-refractivity contribution is -0.113. The Morgan fingerprint density at radius 3 is 2.56 bits per heavy atom. The monoisotopic (exact) mass is 559 g/mol. The highest BCUT2D eigenvalue weighted by Gasteiger charge is 2.32. The Kier molecular flexibility index (Phi) is 6.71. The molecule has 1 aliphatic heterocycles. The molecule has 0 radical (unpaired) electrons. The third-order valence-electron chi connectivity index (χ3n) is 5.88. The summed E-state index contributed by atoms with van der Waals surface area (Å²) in [7, 11) is 1.59. The Morgan fingerprint density at radius 1 is 1.08 bits per heavy atom. The van der Waals surface area contributed by atoms with Crippen molar-refractivity contribution in [3.63, 3.8) is 0 Å². The van der Waals surface area contributed by atoms with Gasteiger partial charge in [-0.1, -0.05) is 69.7 Å². The molecule has 0 saturated carbocycles. The minimum absolute atomic E-state index is 0.202. The molecule has 6 nitrogen and oxygen atoms in total. The van der Waals surface area contributed by atoms with Gasteiger partial charge < -0.3 is 10.1 Å². The average molecular weight is 560 g/mol. The van der Waals surface area contributed by atoms with Crippen LogP contribution in [0.1, 0.15) is 24.1 Å². The van der Waals surface area contributed by atoms with Crippen LogP contribution >= 0.6 is 27.3 Å². The lowest BCUT2D eigenvalue weighted by Gasteiger charge is -2.25. The number of ether oxygens (including phenoxy) is 1. The maximum atomic E-state index is 13.7. The first-order valence-corrected chi connectivity index (χ1v) is 12.8. The molecule has 1 atom stereocenters. The molecule has 0 saturated heterocycles. The summed E-state index contributed by atoms with van der Waals surface area (Å²) in [5, 5.41) is 2.96. The number of para-hydroxylation sites is 1. The normalized spacial score (nSPS) is 15.3. The van der Waals surface area contributed by atoms with Crippen LogP contribution < -0.4 is 24.9 Å². The van der Waals surface area contributed by atoms with Gasteiger partial charge in [0.15, 0.2) is 4.80 Å². The second-order valence-corrected chi connectivity index (χ2v) is 10.2. The number of aromatic nitrogens is 1. The number of hydrogen-bond donors (Lipinski definition) is 1. The van der Waals surface area contributed by atoms with Crippen LogP contribution in [-0.2, 0) is 4.79 Å². The number of methoxy groups -OCH3 is 1. The molecule has 1 amide bonds. The lowest BCUT2D eigenvalue weighted by Crippen LogP contribution is -2.40. The molecular formula is C28H22BrN3O3S. The van der Waals surface area contributed by atoms with Gasteiger partial charge in [-0.2, -0.15) is 0 Å². The molecule has 0 fully saturated rings. The molecule has 0 aliphatic carbocycles. The van der Waals surface area contributed by atoms with Crippen LogP contribution in [0.25, 0.3) is 6.08 Å². The van der Waals surface area contributed by atoms with Crippen LogP contribution in [-0.4, -0.2) is 17.6 Å². The number of hydrogen-bond acceptors (Lipinski definition) is 5. The minimum atomic E-state index is -0.660.